The highest BCUT2D eigenvalue weighted by molar-refractivity contribution is 6.70. The Morgan fingerprint density at radius 3 is 2.88 bits per heavy atom. The van der Waals surface area contributed by atoms with Crippen LogP contribution < -0.4 is 26.8 Å². The molecule has 0 radical (unpaired) electrons. The Morgan fingerprint density at radius 1 is 1.28 bits per heavy atom. The van der Waals surface area contributed by atoms with Crippen molar-refractivity contribution < 1.29 is 4.79 Å². The zero-order valence-electron chi connectivity index (χ0n) is 13.7. The predicted octanol–water partition coefficient (Wildman–Crippen LogP) is 1.49. The molecule has 2 amide bonds. The van der Waals surface area contributed by atoms with Crippen molar-refractivity contribution in [3.63, 3.8) is 0 Å². The minimum absolute atomic E-state index is 0.120. The van der Waals surface area contributed by atoms with Gasteiger partial charge in [0.2, 0.25) is 0 Å². The van der Waals surface area contributed by atoms with Crippen molar-refractivity contribution in [1.82, 2.24) is 26.8 Å². The molecule has 1 atom stereocenters. The van der Waals surface area contributed by atoms with Gasteiger partial charge in [-0.25, -0.2) is 15.2 Å². The number of carbonyl (C=O) groups excluding carboxylic acids is 1. The molecule has 1 saturated carbocycles. The van der Waals surface area contributed by atoms with Crippen LogP contribution in [-0.4, -0.2) is 29.8 Å². The van der Waals surface area contributed by atoms with Gasteiger partial charge in [0.1, 0.15) is 11.0 Å². The molecule has 0 aromatic carbocycles. The second-order valence-corrected chi connectivity index (χ2v) is 6.88. The molecule has 25 heavy (non-hydrogen) atoms. The SMILES string of the molecule is O=C(NC1=CC=C2N=C(Cl)C(C3=CNNC3)=CC2N1)NC1CCCC1. The minimum atomic E-state index is -0.170. The number of hydrazine groups is 1. The first-order valence-corrected chi connectivity index (χ1v) is 8.97. The first kappa shape index (κ1) is 16.2. The highest BCUT2D eigenvalue weighted by atomic mass is 35.5. The molecular weight excluding hydrogens is 340 g/mol. The summed E-state index contributed by atoms with van der Waals surface area (Å²) < 4.78 is 0. The standard InChI is InChI=1S/C17H21ClN6O/c18-16-12(10-8-19-20-9-10)7-14-13(23-16)5-6-15(22-14)24-17(25)21-11-3-1-2-4-11/h5-8,11,14,19-20,22H,1-4,9H2,(H2,21,24,25). The van der Waals surface area contributed by atoms with Crippen molar-refractivity contribution in [2.24, 2.45) is 4.99 Å². The van der Waals surface area contributed by atoms with E-state index in [1.54, 1.807) is 0 Å². The Kier molecular flexibility index (Phi) is 4.50. The first-order valence-electron chi connectivity index (χ1n) is 8.59. The van der Waals surface area contributed by atoms with Gasteiger partial charge >= 0.3 is 6.03 Å². The number of aliphatic imine (C=N–C) groups is 1. The van der Waals surface area contributed by atoms with Gasteiger partial charge in [0, 0.05) is 24.4 Å². The summed E-state index contributed by atoms with van der Waals surface area (Å²) in [6.07, 6.45) is 12.1. The third kappa shape index (κ3) is 3.57. The van der Waals surface area contributed by atoms with Crippen molar-refractivity contribution in [2.75, 3.05) is 6.54 Å². The van der Waals surface area contributed by atoms with E-state index in [0.717, 1.165) is 29.7 Å². The van der Waals surface area contributed by atoms with Crippen LogP contribution in [0.25, 0.3) is 0 Å². The van der Waals surface area contributed by atoms with Gasteiger partial charge in [0.05, 0.1) is 11.7 Å². The van der Waals surface area contributed by atoms with Crippen LogP contribution in [0.5, 0.6) is 0 Å². The van der Waals surface area contributed by atoms with E-state index in [1.165, 1.54) is 12.8 Å². The van der Waals surface area contributed by atoms with Crippen LogP contribution >= 0.6 is 11.6 Å². The molecule has 1 unspecified atom stereocenters. The van der Waals surface area contributed by atoms with Crippen LogP contribution in [0, 0.1) is 0 Å². The van der Waals surface area contributed by atoms with Gasteiger partial charge in [-0.15, -0.1) is 0 Å². The van der Waals surface area contributed by atoms with Gasteiger partial charge in [-0.05, 0) is 36.6 Å². The number of nitrogens with zero attached hydrogens (tertiary/aromatic N) is 1. The molecule has 0 aromatic heterocycles. The molecule has 0 aromatic rings. The number of carbonyl (C=O) groups is 1. The van der Waals surface area contributed by atoms with Gasteiger partial charge in [-0.1, -0.05) is 24.4 Å². The number of nitrogens with one attached hydrogen (secondary N) is 5. The number of halogens is 1. The molecular formula is C17H21ClN6O. The number of amides is 2. The molecule has 3 heterocycles. The lowest BCUT2D eigenvalue weighted by Gasteiger charge is -2.27. The van der Waals surface area contributed by atoms with Crippen molar-refractivity contribution in [1.29, 1.82) is 0 Å². The molecule has 7 nitrogen and oxygen atoms in total. The molecule has 1 fully saturated rings. The molecule has 3 aliphatic heterocycles. The lowest BCUT2D eigenvalue weighted by atomic mass is 9.99. The lowest BCUT2D eigenvalue weighted by molar-refractivity contribution is 0.239. The van der Waals surface area contributed by atoms with Crippen LogP contribution in [0.3, 0.4) is 0 Å². The highest BCUT2D eigenvalue weighted by Crippen LogP contribution is 2.26. The Balaban J connectivity index is 1.43. The quantitative estimate of drug-likeness (QED) is 0.527. The number of rotatable bonds is 3. The molecule has 4 aliphatic rings. The number of hydrogen-bond acceptors (Lipinski definition) is 5. The van der Waals surface area contributed by atoms with Crippen LogP contribution in [-0.2, 0) is 0 Å². The van der Waals surface area contributed by atoms with Gasteiger partial charge in [0.15, 0.2) is 0 Å². The fourth-order valence-electron chi connectivity index (χ4n) is 3.44. The van der Waals surface area contributed by atoms with Crippen molar-refractivity contribution in [3.05, 3.63) is 47.1 Å². The van der Waals surface area contributed by atoms with E-state index in [0.29, 0.717) is 17.5 Å². The highest BCUT2D eigenvalue weighted by Gasteiger charge is 2.26. The molecule has 0 saturated heterocycles. The van der Waals surface area contributed by atoms with Crippen LogP contribution in [0.1, 0.15) is 25.7 Å². The van der Waals surface area contributed by atoms with E-state index < -0.39 is 0 Å². The maximum absolute atomic E-state index is 12.1. The number of fused-ring (bicyclic) bond motifs is 1. The van der Waals surface area contributed by atoms with E-state index in [9.17, 15) is 4.79 Å². The summed E-state index contributed by atoms with van der Waals surface area (Å²) in [6.45, 7) is 0.689. The fourth-order valence-corrected chi connectivity index (χ4v) is 3.73. The third-order valence-electron chi connectivity index (χ3n) is 4.75. The summed E-state index contributed by atoms with van der Waals surface area (Å²) >= 11 is 6.31. The second kappa shape index (κ2) is 6.93. The Bertz CT molecular complexity index is 729. The third-order valence-corrected chi connectivity index (χ3v) is 5.03. The van der Waals surface area contributed by atoms with E-state index >= 15 is 0 Å². The fraction of sp³-hybridized carbons (Fsp3) is 0.412. The normalized spacial score (nSPS) is 25.5. The molecule has 0 bridgehead atoms. The van der Waals surface area contributed by atoms with Crippen LogP contribution in [0.15, 0.2) is 52.1 Å². The van der Waals surface area contributed by atoms with E-state index in [4.69, 9.17) is 11.6 Å². The van der Waals surface area contributed by atoms with Crippen molar-refractivity contribution in [3.8, 4) is 0 Å². The average molecular weight is 361 g/mol. The van der Waals surface area contributed by atoms with Gasteiger partial charge in [0.25, 0.3) is 0 Å². The first-order chi connectivity index (χ1) is 12.2. The Hall–Kier alpha value is -2.25. The molecule has 0 spiro atoms. The summed E-state index contributed by atoms with van der Waals surface area (Å²) in [6, 6.07) is -0.00379. The molecule has 4 rings (SSSR count). The van der Waals surface area contributed by atoms with Crippen molar-refractivity contribution >= 4 is 22.8 Å². The summed E-state index contributed by atoms with van der Waals surface area (Å²) in [5, 5.41) is 9.67. The zero-order chi connectivity index (χ0) is 17.2. The van der Waals surface area contributed by atoms with Crippen LogP contribution in [0.4, 0.5) is 4.79 Å². The second-order valence-electron chi connectivity index (χ2n) is 6.52. The zero-order valence-corrected chi connectivity index (χ0v) is 14.5. The Labute approximate surface area is 151 Å². The average Bonchev–Trinajstić information content (AvgIpc) is 3.28. The molecule has 8 heteroatoms. The maximum atomic E-state index is 12.1. The predicted molar refractivity (Wildman–Crippen MR) is 97.6 cm³/mol. The maximum Gasteiger partial charge on any atom is 0.320 e. The van der Waals surface area contributed by atoms with Gasteiger partial charge < -0.3 is 16.1 Å². The summed E-state index contributed by atoms with van der Waals surface area (Å²) in [7, 11) is 0. The van der Waals surface area contributed by atoms with E-state index in [-0.39, 0.29) is 18.1 Å². The van der Waals surface area contributed by atoms with E-state index in [2.05, 4.69) is 31.8 Å². The largest absolute Gasteiger partial charge is 0.360 e. The number of urea groups is 1. The van der Waals surface area contributed by atoms with Crippen LogP contribution in [0.2, 0.25) is 0 Å². The molecule has 1 aliphatic carbocycles. The Morgan fingerprint density at radius 2 is 2.12 bits per heavy atom. The molecule has 5 N–H and O–H groups in total. The summed E-state index contributed by atoms with van der Waals surface area (Å²) in [4.78, 5) is 16.6. The van der Waals surface area contributed by atoms with Crippen molar-refractivity contribution in [2.45, 2.75) is 37.8 Å². The smallest absolute Gasteiger partial charge is 0.320 e. The lowest BCUT2D eigenvalue weighted by Crippen LogP contribution is -2.46. The number of dihydropyridines is 2. The topological polar surface area (TPSA) is 89.6 Å². The van der Waals surface area contributed by atoms with Gasteiger partial charge in [-0.2, -0.15) is 0 Å². The van der Waals surface area contributed by atoms with Gasteiger partial charge in [-0.3, -0.25) is 5.32 Å². The molecule has 132 valence electrons. The van der Waals surface area contributed by atoms with E-state index in [1.807, 2.05) is 24.4 Å². The summed E-state index contributed by atoms with van der Waals surface area (Å²) in [5.74, 6) is 0.657. The number of hydrogen-bond donors (Lipinski definition) is 5. The summed E-state index contributed by atoms with van der Waals surface area (Å²) in [5.41, 5.74) is 8.75. The minimum Gasteiger partial charge on any atom is -0.360 e. The number of allylic oxidation sites excluding steroid dienone is 2. The monoisotopic (exact) mass is 360 g/mol.